The van der Waals surface area contributed by atoms with E-state index in [0.717, 1.165) is 156 Å². The smallest absolute Gasteiger partial charge is 0.320 e. The summed E-state index contributed by atoms with van der Waals surface area (Å²) in [5, 5.41) is 10.1. The molecule has 0 aromatic carbocycles. The Hall–Kier alpha value is -3.06. The highest BCUT2D eigenvalue weighted by atomic mass is 32.2. The van der Waals surface area contributed by atoms with E-state index in [9.17, 15) is 19.2 Å². The van der Waals surface area contributed by atoms with Gasteiger partial charge in [-0.3, -0.25) is 53.5 Å². The van der Waals surface area contributed by atoms with E-state index >= 15 is 0 Å². The lowest BCUT2D eigenvalue weighted by atomic mass is 9.92. The zero-order chi connectivity index (χ0) is 85.3. The van der Waals surface area contributed by atoms with Crippen molar-refractivity contribution < 1.29 is 33.4 Å². The average molecular weight is 1600 g/mol. The first-order valence-corrected chi connectivity index (χ1v) is 44.8. The molecule has 0 aliphatic carbocycles. The van der Waals surface area contributed by atoms with Crippen LogP contribution < -0.4 is 16.0 Å². The van der Waals surface area contributed by atoms with E-state index in [1.165, 1.54) is 71.4 Å². The Labute approximate surface area is 694 Å². The van der Waals surface area contributed by atoms with Gasteiger partial charge in [-0.2, -0.15) is 11.8 Å². The maximum absolute atomic E-state index is 12.5. The number of esters is 2. The van der Waals surface area contributed by atoms with E-state index in [1.54, 1.807) is 16.7 Å². The normalized spacial score (nSPS) is 20.2. The number of ether oxygens (including phenoxy) is 3. The Balaban J connectivity index is 0.000000656. The third-order valence-electron chi connectivity index (χ3n) is 22.0. The van der Waals surface area contributed by atoms with Crippen LogP contribution in [0.1, 0.15) is 230 Å². The molecule has 3 N–H and O–H groups in total. The highest BCUT2D eigenvalue weighted by molar-refractivity contribution is 7.98. The van der Waals surface area contributed by atoms with Gasteiger partial charge >= 0.3 is 11.9 Å². The minimum Gasteiger partial charge on any atom is -0.465 e. The molecule has 7 aliphatic rings. The third-order valence-corrected chi connectivity index (χ3v) is 22.6. The Morgan fingerprint density at radius 2 is 1.00 bits per heavy atom. The molecule has 112 heavy (non-hydrogen) atoms. The van der Waals surface area contributed by atoms with Crippen molar-refractivity contribution in [2.24, 2.45) is 22.2 Å². The monoisotopic (exact) mass is 1600 g/mol. The van der Waals surface area contributed by atoms with Gasteiger partial charge in [0.2, 0.25) is 17.4 Å². The number of likely N-dealkylation sites (tertiary alicyclic amines) is 3. The van der Waals surface area contributed by atoms with Crippen molar-refractivity contribution >= 4 is 35.5 Å². The van der Waals surface area contributed by atoms with E-state index in [2.05, 4.69) is 248 Å². The van der Waals surface area contributed by atoms with E-state index in [-0.39, 0.29) is 45.9 Å². The van der Waals surface area contributed by atoms with Gasteiger partial charge in [0.1, 0.15) is 6.61 Å². The van der Waals surface area contributed by atoms with E-state index in [1.807, 2.05) is 41.1 Å². The molecule has 22 nitrogen and oxygen atoms in total. The van der Waals surface area contributed by atoms with Crippen LogP contribution in [0, 0.1) is 28.7 Å². The lowest BCUT2D eigenvalue weighted by Gasteiger charge is -2.43. The average Bonchev–Trinajstić information content (AvgIpc) is 0.957. The molecule has 7 rings (SSSR count). The first kappa shape index (κ1) is 107. The van der Waals surface area contributed by atoms with Gasteiger partial charge in [-0.15, -0.1) is 0 Å². The van der Waals surface area contributed by atoms with Crippen molar-refractivity contribution in [3.05, 3.63) is 23.6 Å². The maximum atomic E-state index is 12.5. The van der Waals surface area contributed by atoms with E-state index < -0.39 is 0 Å². The molecule has 23 heteroatoms. The molecule has 0 aromatic rings. The van der Waals surface area contributed by atoms with Gasteiger partial charge in [0, 0.05) is 198 Å². The summed E-state index contributed by atoms with van der Waals surface area (Å²) in [5.74, 6) is 1.47. The number of piperidine rings is 3. The molecule has 0 spiro atoms. The molecule has 0 unspecified atom stereocenters. The molecule has 7 aliphatic heterocycles. The van der Waals surface area contributed by atoms with Crippen LogP contribution >= 0.6 is 11.8 Å². The molecule has 1 atom stereocenters. The van der Waals surface area contributed by atoms with Crippen molar-refractivity contribution in [2.45, 2.75) is 276 Å². The number of nitrogens with zero attached hydrogens (tertiary/aromatic N) is 12. The molecule has 2 amide bonds. The number of hydrogen-bond donors (Lipinski definition) is 3. The molecule has 7 heterocycles. The molecule has 658 valence electrons. The van der Waals surface area contributed by atoms with Gasteiger partial charge in [0.25, 0.3) is 0 Å². The van der Waals surface area contributed by atoms with Crippen LogP contribution in [0.3, 0.4) is 0 Å². The summed E-state index contributed by atoms with van der Waals surface area (Å²) < 4.78 is 15.2. The second kappa shape index (κ2) is 53.5. The number of likely N-dealkylation sites (N-methyl/N-ethyl adjacent to an activating group) is 4. The fraction of sp³-hybridized carbons (Fsp3) is 0.921. The number of piperazine rings is 3. The summed E-state index contributed by atoms with van der Waals surface area (Å²) in [4.78, 5) is 75.7. The zero-order valence-corrected chi connectivity index (χ0v) is 79.2. The van der Waals surface area contributed by atoms with Crippen LogP contribution in [-0.4, -0.2) is 361 Å². The summed E-state index contributed by atoms with van der Waals surface area (Å²) in [7, 11) is 10.0. The quantitative estimate of drug-likeness (QED) is 0.0381. The van der Waals surface area contributed by atoms with Crippen molar-refractivity contribution in [3.8, 4) is 0 Å². The molecule has 0 bridgehead atoms. The maximum Gasteiger partial charge on any atom is 0.320 e. The molecular weight excluding hydrogens is 1420 g/mol. The fourth-order valence-electron chi connectivity index (χ4n) is 13.7. The van der Waals surface area contributed by atoms with Crippen LogP contribution in [-0.2, 0) is 33.4 Å². The number of thioether (sulfide) groups is 1. The molecule has 7 fully saturated rings. The van der Waals surface area contributed by atoms with Crippen molar-refractivity contribution in [1.29, 1.82) is 0 Å². The standard InChI is InChI=1S/C15H29N3O.C14H29N3O.C14H27N3.C13H26N2.C12H24N2O2.C11H23NO2S.C10H21NO/c1-15(2,3)18-7-5-13(6-8-18)14(19)17-11-9-16(4)10-12-17;1-14(2,3)17-9-7-12(8-10-17)16(6)11-13(18)15(4)5;1-13(2,3)17-9-7-12(8-10-17)16-11-14(4,5)15-6;1-13(2,3)7-5-6-8-15-11-9-14(4)10-12-15;1-5-16-11(15)10-13-6-8-14(9-7-13)12(2,3)4;1-11(2,3)5-6-12-9-10(13)14-7-8-15-4;1-10(2,3)5-6-11-9-4-7-12-8-9/h13H,5-12H2,1-4H3;12H,7-11H2,1-6H3;12,16H,7-11H2,1-5H3;5-6H,7-12H2,1-4H3;5-10H2,1-4H3;12H,5-9H2,1-4H3;9,11H,4-8H2,1-3H3/b;;;6-5+;;;/t;;;;;;9-/m......0/s1. The minimum absolute atomic E-state index is 0.105. The first-order valence-electron chi connectivity index (χ1n) is 43.4. The number of rotatable bonds is 23. The molecule has 0 aromatic heterocycles. The number of hydrogen-bond acceptors (Lipinski definition) is 20. The van der Waals surface area contributed by atoms with Gasteiger partial charge < -0.3 is 54.6 Å². The Morgan fingerprint density at radius 1 is 0.536 bits per heavy atom. The molecular formula is C89H179N15O7S. The van der Waals surface area contributed by atoms with Gasteiger partial charge in [-0.05, 0) is 224 Å². The van der Waals surface area contributed by atoms with Gasteiger partial charge in [-0.1, -0.05) is 74.5 Å². The SMILES string of the molecule is CC(C)(C)CCN[C@H]1CCOC1.CCOC(=O)CN1CCN(C(C)(C)C)CC1.CN(C)C(=O)CN(C)C1CCN(C(C)(C)C)CC1.CN1CCN(C(=O)C2CCN(C(C)(C)C)CC2)CC1.CN1CCN(C/C=C/CC(C)(C)C)CC1.CSCCOC(=O)CNCCC(C)(C)C.[C-]#[N+]C(C)(C)CNC1CCN(C(C)(C)C)CC1. The fourth-order valence-corrected chi connectivity index (χ4v) is 13.9. The predicted octanol–water partition coefficient (Wildman–Crippen LogP) is 12.0. The topological polar surface area (TPSA) is 172 Å². The van der Waals surface area contributed by atoms with Crippen molar-refractivity contribution in [2.75, 3.05) is 237 Å². The van der Waals surface area contributed by atoms with Crippen LogP contribution in [0.25, 0.3) is 4.85 Å². The largest absolute Gasteiger partial charge is 0.465 e. The van der Waals surface area contributed by atoms with Crippen LogP contribution in [0.5, 0.6) is 0 Å². The third kappa shape index (κ3) is 52.0. The molecule has 7 saturated heterocycles. The number of carbonyl (C=O) groups is 4. The predicted molar refractivity (Wildman–Crippen MR) is 476 cm³/mol. The van der Waals surface area contributed by atoms with Crippen LogP contribution in [0.15, 0.2) is 12.2 Å². The van der Waals surface area contributed by atoms with Crippen molar-refractivity contribution in [3.63, 3.8) is 0 Å². The summed E-state index contributed by atoms with van der Waals surface area (Å²) in [6.45, 7) is 87.8. The van der Waals surface area contributed by atoms with Gasteiger partial charge in [-0.25, -0.2) is 6.57 Å². The number of nitrogens with one attached hydrogen (secondary N) is 3. The van der Waals surface area contributed by atoms with Crippen LogP contribution in [0.2, 0.25) is 0 Å². The highest BCUT2D eigenvalue weighted by Crippen LogP contribution is 2.28. The summed E-state index contributed by atoms with van der Waals surface area (Å²) in [5.41, 5.74) is 1.96. The number of carbonyl (C=O) groups excluding carboxylic acids is 4. The Bertz CT molecular complexity index is 2560. The van der Waals surface area contributed by atoms with Gasteiger partial charge in [0.15, 0.2) is 0 Å². The summed E-state index contributed by atoms with van der Waals surface area (Å²) in [6, 6.07) is 1.76. The second-order valence-electron chi connectivity index (χ2n) is 41.0. The van der Waals surface area contributed by atoms with E-state index in [4.69, 9.17) is 20.8 Å². The zero-order valence-electron chi connectivity index (χ0n) is 78.4. The summed E-state index contributed by atoms with van der Waals surface area (Å²) >= 11 is 1.68. The first-order chi connectivity index (χ1) is 51.8. The number of amides is 2. The second-order valence-corrected chi connectivity index (χ2v) is 42.0. The lowest BCUT2D eigenvalue weighted by Crippen LogP contribution is -2.54. The summed E-state index contributed by atoms with van der Waals surface area (Å²) in [6.07, 6.45) is 18.1. The minimum atomic E-state index is -0.263. The number of allylic oxidation sites excluding steroid dienone is 1. The van der Waals surface area contributed by atoms with Crippen molar-refractivity contribution in [1.82, 2.24) is 69.8 Å². The Morgan fingerprint density at radius 3 is 1.44 bits per heavy atom. The van der Waals surface area contributed by atoms with Crippen LogP contribution in [0.4, 0.5) is 0 Å². The lowest BCUT2D eigenvalue weighted by molar-refractivity contribution is -0.145. The molecule has 0 saturated carbocycles. The van der Waals surface area contributed by atoms with E-state index in [0.29, 0.717) is 78.7 Å². The van der Waals surface area contributed by atoms with Gasteiger partial charge in [0.05, 0.1) is 39.4 Å². The Kier molecular flexibility index (Phi) is 51.1. The highest BCUT2D eigenvalue weighted by Gasteiger charge is 2.35. The molecule has 0 radical (unpaired) electrons.